The Morgan fingerprint density at radius 1 is 1.29 bits per heavy atom. The summed E-state index contributed by atoms with van der Waals surface area (Å²) in [5.41, 5.74) is 0.258. The Kier molecular flexibility index (Phi) is 2.11. The average molecular weight is 215 g/mol. The maximum atomic E-state index is 6.39. The molecule has 0 aromatic heterocycles. The molecule has 3 aliphatic rings. The van der Waals surface area contributed by atoms with Crippen LogP contribution in [0.25, 0.3) is 0 Å². The largest absolute Gasteiger partial charge is 0.370 e. The van der Waals surface area contributed by atoms with Crippen molar-refractivity contribution in [3.05, 3.63) is 0 Å². The second-order valence-corrected chi connectivity index (χ2v) is 6.02. The predicted molar refractivity (Wildman–Crippen MR) is 57.6 cm³/mol. The lowest BCUT2D eigenvalue weighted by Crippen LogP contribution is -2.54. The van der Waals surface area contributed by atoms with Crippen molar-refractivity contribution in [2.75, 3.05) is 0 Å². The maximum Gasteiger partial charge on any atom is 0.0749 e. The quantitative estimate of drug-likeness (QED) is 0.562. The van der Waals surface area contributed by atoms with E-state index < -0.39 is 0 Å². The Labute approximate surface area is 91.2 Å². The number of rotatable bonds is 0. The van der Waals surface area contributed by atoms with Gasteiger partial charge in [-0.2, -0.15) is 0 Å². The van der Waals surface area contributed by atoms with E-state index in [-0.39, 0.29) is 11.0 Å². The Bertz CT molecular complexity index is 238. The van der Waals surface area contributed by atoms with Crippen LogP contribution in [0, 0.1) is 11.8 Å². The van der Waals surface area contributed by atoms with Crippen LogP contribution in [-0.2, 0) is 4.74 Å². The third kappa shape index (κ3) is 1.18. The first kappa shape index (κ1) is 9.47. The maximum absolute atomic E-state index is 6.39. The van der Waals surface area contributed by atoms with Gasteiger partial charge in [0.15, 0.2) is 0 Å². The van der Waals surface area contributed by atoms with E-state index in [1.807, 2.05) is 0 Å². The van der Waals surface area contributed by atoms with Gasteiger partial charge >= 0.3 is 0 Å². The Morgan fingerprint density at radius 3 is 3.00 bits per heavy atom. The van der Waals surface area contributed by atoms with E-state index >= 15 is 0 Å². The van der Waals surface area contributed by atoms with E-state index in [0.717, 1.165) is 5.92 Å². The van der Waals surface area contributed by atoms with Gasteiger partial charge in [0.1, 0.15) is 0 Å². The van der Waals surface area contributed by atoms with E-state index in [0.29, 0.717) is 12.0 Å². The van der Waals surface area contributed by atoms with E-state index in [4.69, 9.17) is 16.3 Å². The second-order valence-electron chi connectivity index (χ2n) is 5.51. The minimum Gasteiger partial charge on any atom is -0.370 e. The molecular formula is C12H19ClO. The van der Waals surface area contributed by atoms with Crippen LogP contribution in [-0.4, -0.2) is 17.1 Å². The molecule has 0 aromatic rings. The zero-order chi connectivity index (χ0) is 9.76. The van der Waals surface area contributed by atoms with Crippen molar-refractivity contribution in [2.24, 2.45) is 11.8 Å². The van der Waals surface area contributed by atoms with E-state index in [1.54, 1.807) is 0 Å². The van der Waals surface area contributed by atoms with Crippen molar-refractivity contribution in [1.29, 1.82) is 0 Å². The summed E-state index contributed by atoms with van der Waals surface area (Å²) in [6.07, 6.45) is 8.19. The molecule has 0 aromatic carbocycles. The standard InChI is InChI=1S/C12H19ClO/c1-8-7-12-6-2-3-9(12)4-5-10(14-12)11(8)13/h8-11H,2-7H2,1H3/t8-,9+,10+,11-,12-/m0/s1. The summed E-state index contributed by atoms with van der Waals surface area (Å²) in [5.74, 6) is 1.50. The van der Waals surface area contributed by atoms with Crippen molar-refractivity contribution >= 4 is 11.6 Å². The molecule has 2 bridgehead atoms. The molecule has 2 saturated heterocycles. The van der Waals surface area contributed by atoms with Crippen LogP contribution in [0.15, 0.2) is 0 Å². The van der Waals surface area contributed by atoms with Crippen molar-refractivity contribution in [3.8, 4) is 0 Å². The van der Waals surface area contributed by atoms with Crippen molar-refractivity contribution in [2.45, 2.75) is 62.5 Å². The normalized spacial score (nSPS) is 57.0. The Morgan fingerprint density at radius 2 is 2.14 bits per heavy atom. The van der Waals surface area contributed by atoms with Crippen LogP contribution in [0.1, 0.15) is 45.4 Å². The van der Waals surface area contributed by atoms with Crippen LogP contribution in [0.5, 0.6) is 0 Å². The topological polar surface area (TPSA) is 9.23 Å². The molecular weight excluding hydrogens is 196 g/mol. The molecule has 5 atom stereocenters. The van der Waals surface area contributed by atoms with Gasteiger partial charge < -0.3 is 4.74 Å². The molecule has 2 heteroatoms. The molecule has 1 spiro atoms. The van der Waals surface area contributed by atoms with E-state index in [9.17, 15) is 0 Å². The number of alkyl halides is 1. The highest BCUT2D eigenvalue weighted by Gasteiger charge is 2.54. The molecule has 3 fully saturated rings. The summed E-state index contributed by atoms with van der Waals surface area (Å²) >= 11 is 6.39. The fourth-order valence-electron chi connectivity index (χ4n) is 3.97. The number of hydrogen-bond acceptors (Lipinski definition) is 1. The molecule has 2 heterocycles. The summed E-state index contributed by atoms with van der Waals surface area (Å²) in [6.45, 7) is 2.30. The highest BCUT2D eigenvalue weighted by molar-refractivity contribution is 6.21. The van der Waals surface area contributed by atoms with Crippen molar-refractivity contribution < 1.29 is 4.74 Å². The fraction of sp³-hybridized carbons (Fsp3) is 1.00. The molecule has 1 aliphatic carbocycles. The molecule has 0 unspecified atom stereocenters. The predicted octanol–water partition coefficient (Wildman–Crippen LogP) is 3.35. The summed E-state index contributed by atoms with van der Waals surface area (Å²) in [5, 5.41) is 0.266. The van der Waals surface area contributed by atoms with Crippen molar-refractivity contribution in [1.82, 2.24) is 0 Å². The number of hydrogen-bond donors (Lipinski definition) is 0. The summed E-state index contributed by atoms with van der Waals surface area (Å²) in [6, 6.07) is 0. The Balaban J connectivity index is 1.89. The minimum atomic E-state index is 0.258. The first-order valence-electron chi connectivity index (χ1n) is 6.03. The van der Waals surface area contributed by atoms with Gasteiger partial charge in [0, 0.05) is 0 Å². The smallest absolute Gasteiger partial charge is 0.0749 e. The monoisotopic (exact) mass is 214 g/mol. The molecule has 1 nitrogen and oxygen atoms in total. The molecule has 3 rings (SSSR count). The molecule has 0 N–H and O–H groups in total. The van der Waals surface area contributed by atoms with Crippen LogP contribution in [0.4, 0.5) is 0 Å². The number of halogens is 1. The average Bonchev–Trinajstić information content (AvgIpc) is 2.56. The lowest BCUT2D eigenvalue weighted by atomic mass is 9.72. The molecule has 1 saturated carbocycles. The number of fused-ring (bicyclic) bond motifs is 1. The van der Waals surface area contributed by atoms with Gasteiger partial charge in [-0.25, -0.2) is 0 Å². The van der Waals surface area contributed by atoms with Gasteiger partial charge in [-0.15, -0.1) is 11.6 Å². The molecule has 80 valence electrons. The highest BCUT2D eigenvalue weighted by atomic mass is 35.5. The van der Waals surface area contributed by atoms with Gasteiger partial charge in [0.25, 0.3) is 0 Å². The summed E-state index contributed by atoms with van der Waals surface area (Å²) in [4.78, 5) is 0. The summed E-state index contributed by atoms with van der Waals surface area (Å²) in [7, 11) is 0. The third-order valence-electron chi connectivity index (χ3n) is 4.65. The highest BCUT2D eigenvalue weighted by Crippen LogP contribution is 2.54. The minimum absolute atomic E-state index is 0.258. The lowest BCUT2D eigenvalue weighted by Gasteiger charge is -2.51. The second kappa shape index (κ2) is 3.12. The zero-order valence-electron chi connectivity index (χ0n) is 8.84. The van der Waals surface area contributed by atoms with Gasteiger partial charge in [0.2, 0.25) is 0 Å². The SMILES string of the molecule is C[C@H]1C[C@@]23CCC[C@@H]2CC[C@@H](O3)[C@H]1Cl. The molecule has 0 amide bonds. The van der Waals surface area contributed by atoms with Crippen molar-refractivity contribution in [3.63, 3.8) is 0 Å². The molecule has 2 aliphatic heterocycles. The first-order valence-corrected chi connectivity index (χ1v) is 6.47. The lowest BCUT2D eigenvalue weighted by molar-refractivity contribution is -0.189. The van der Waals surface area contributed by atoms with Gasteiger partial charge in [-0.3, -0.25) is 0 Å². The summed E-state index contributed by atoms with van der Waals surface area (Å²) < 4.78 is 6.28. The Hall–Kier alpha value is 0.250. The van der Waals surface area contributed by atoms with E-state index in [1.165, 1.54) is 38.5 Å². The zero-order valence-corrected chi connectivity index (χ0v) is 9.59. The first-order chi connectivity index (χ1) is 6.71. The molecule has 0 radical (unpaired) electrons. The van der Waals surface area contributed by atoms with Crippen LogP contribution in [0.2, 0.25) is 0 Å². The fourth-order valence-corrected chi connectivity index (χ4v) is 4.23. The van der Waals surface area contributed by atoms with Crippen LogP contribution < -0.4 is 0 Å². The molecule has 14 heavy (non-hydrogen) atoms. The van der Waals surface area contributed by atoms with Gasteiger partial charge in [-0.1, -0.05) is 13.3 Å². The van der Waals surface area contributed by atoms with Gasteiger partial charge in [0.05, 0.1) is 17.1 Å². The van der Waals surface area contributed by atoms with Gasteiger partial charge in [-0.05, 0) is 43.9 Å². The van der Waals surface area contributed by atoms with Crippen LogP contribution >= 0.6 is 11.6 Å². The third-order valence-corrected chi connectivity index (χ3v) is 5.36. The van der Waals surface area contributed by atoms with E-state index in [2.05, 4.69) is 6.92 Å². The van der Waals surface area contributed by atoms with Crippen LogP contribution in [0.3, 0.4) is 0 Å². The number of ether oxygens (including phenoxy) is 1.